The molecule has 4 nitrogen and oxygen atoms in total. The highest BCUT2D eigenvalue weighted by atomic mass is 16.4. The zero-order valence-electron chi connectivity index (χ0n) is 9.68. The average molecular weight is 230 g/mol. The molecule has 0 amide bonds. The molecule has 0 fully saturated rings. The quantitative estimate of drug-likeness (QED) is 0.813. The number of carboxylic acid groups (broad SMARTS) is 1. The molecule has 17 heavy (non-hydrogen) atoms. The standard InChI is InChI=1S/C13H14N2O2/c1-8-4-5-15-11-3-2-9(13(16)17)7-10(11)14-12(15)6-8/h4-6,9H,2-3,7H2,1H3,(H,16,17). The summed E-state index contributed by atoms with van der Waals surface area (Å²) in [6.45, 7) is 2.04. The van der Waals surface area contributed by atoms with Gasteiger partial charge in [-0.15, -0.1) is 0 Å². The SMILES string of the molecule is Cc1ccn2c3c(nc2c1)CC(C(=O)O)CC3. The summed E-state index contributed by atoms with van der Waals surface area (Å²) in [7, 11) is 0. The van der Waals surface area contributed by atoms with E-state index in [1.807, 2.05) is 19.2 Å². The molecule has 1 unspecified atom stereocenters. The average Bonchev–Trinajstić information content (AvgIpc) is 2.64. The van der Waals surface area contributed by atoms with Gasteiger partial charge in [-0.2, -0.15) is 0 Å². The lowest BCUT2D eigenvalue weighted by Crippen LogP contribution is -2.22. The van der Waals surface area contributed by atoms with E-state index >= 15 is 0 Å². The van der Waals surface area contributed by atoms with Crippen molar-refractivity contribution in [1.29, 1.82) is 0 Å². The minimum atomic E-state index is -0.705. The Labute approximate surface area is 98.9 Å². The lowest BCUT2D eigenvalue weighted by molar-refractivity contribution is -0.142. The van der Waals surface area contributed by atoms with Gasteiger partial charge in [-0.1, -0.05) is 0 Å². The zero-order chi connectivity index (χ0) is 12.0. The first-order chi connectivity index (χ1) is 8.15. The molecule has 0 bridgehead atoms. The third-order valence-corrected chi connectivity index (χ3v) is 3.48. The molecule has 0 radical (unpaired) electrons. The van der Waals surface area contributed by atoms with E-state index in [9.17, 15) is 4.79 Å². The van der Waals surface area contributed by atoms with Gasteiger partial charge in [0.25, 0.3) is 0 Å². The molecule has 1 aliphatic carbocycles. The van der Waals surface area contributed by atoms with Gasteiger partial charge < -0.3 is 9.51 Å². The van der Waals surface area contributed by atoms with Gasteiger partial charge in [0, 0.05) is 18.3 Å². The zero-order valence-corrected chi connectivity index (χ0v) is 9.68. The molecular formula is C13H14N2O2. The molecule has 0 aromatic carbocycles. The van der Waals surface area contributed by atoms with Gasteiger partial charge in [0.1, 0.15) is 5.65 Å². The molecule has 2 aromatic heterocycles. The van der Waals surface area contributed by atoms with E-state index in [2.05, 4.69) is 15.5 Å². The highest BCUT2D eigenvalue weighted by molar-refractivity contribution is 5.71. The number of carbonyl (C=O) groups is 1. The molecule has 1 aliphatic rings. The fourth-order valence-electron chi connectivity index (χ4n) is 2.53. The summed E-state index contributed by atoms with van der Waals surface area (Å²) >= 11 is 0. The van der Waals surface area contributed by atoms with Crippen LogP contribution in [0, 0.1) is 12.8 Å². The molecular weight excluding hydrogens is 216 g/mol. The van der Waals surface area contributed by atoms with E-state index in [1.54, 1.807) is 0 Å². The molecule has 2 aromatic rings. The summed E-state index contributed by atoms with van der Waals surface area (Å²) in [5, 5.41) is 9.05. The molecule has 0 aliphatic heterocycles. The third-order valence-electron chi connectivity index (χ3n) is 3.48. The Hall–Kier alpha value is -1.84. The molecule has 88 valence electrons. The smallest absolute Gasteiger partial charge is 0.306 e. The summed E-state index contributed by atoms with van der Waals surface area (Å²) in [5.74, 6) is -0.975. The predicted molar refractivity (Wildman–Crippen MR) is 63.1 cm³/mol. The highest BCUT2D eigenvalue weighted by Crippen LogP contribution is 2.26. The Bertz CT molecular complexity index is 601. The molecule has 4 heteroatoms. The predicted octanol–water partition coefficient (Wildman–Crippen LogP) is 1.83. The van der Waals surface area contributed by atoms with Crippen LogP contribution in [0.1, 0.15) is 23.4 Å². The number of fused-ring (bicyclic) bond motifs is 3. The topological polar surface area (TPSA) is 54.6 Å². The largest absolute Gasteiger partial charge is 0.481 e. The van der Waals surface area contributed by atoms with Crippen LogP contribution in [0.4, 0.5) is 0 Å². The van der Waals surface area contributed by atoms with Crippen LogP contribution < -0.4 is 0 Å². The number of aliphatic carboxylic acids is 1. The van der Waals surface area contributed by atoms with Crippen LogP contribution in [0.3, 0.4) is 0 Å². The second-order valence-electron chi connectivity index (χ2n) is 4.72. The van der Waals surface area contributed by atoms with Gasteiger partial charge in [0.15, 0.2) is 0 Å². The molecule has 3 rings (SSSR count). The summed E-state index contributed by atoms with van der Waals surface area (Å²) in [6, 6.07) is 4.09. The number of hydrogen-bond donors (Lipinski definition) is 1. The Morgan fingerprint density at radius 2 is 2.41 bits per heavy atom. The van der Waals surface area contributed by atoms with Crippen molar-refractivity contribution >= 4 is 11.6 Å². The minimum absolute atomic E-state index is 0.270. The normalized spacial score (nSPS) is 19.2. The van der Waals surface area contributed by atoms with Crippen molar-refractivity contribution in [3.8, 4) is 0 Å². The van der Waals surface area contributed by atoms with E-state index in [-0.39, 0.29) is 5.92 Å². The maximum Gasteiger partial charge on any atom is 0.306 e. The number of carboxylic acids is 1. The lowest BCUT2D eigenvalue weighted by Gasteiger charge is -2.17. The maximum atomic E-state index is 11.0. The second-order valence-corrected chi connectivity index (χ2v) is 4.72. The first-order valence-electron chi connectivity index (χ1n) is 5.84. The molecule has 0 spiro atoms. The van der Waals surface area contributed by atoms with Gasteiger partial charge in [-0.25, -0.2) is 4.98 Å². The van der Waals surface area contributed by atoms with Crippen molar-refractivity contribution in [2.75, 3.05) is 0 Å². The number of rotatable bonds is 1. The molecule has 0 saturated carbocycles. The van der Waals surface area contributed by atoms with E-state index in [4.69, 9.17) is 5.11 Å². The summed E-state index contributed by atoms with van der Waals surface area (Å²) in [6.07, 6.45) is 4.10. The van der Waals surface area contributed by atoms with Gasteiger partial charge in [-0.05, 0) is 37.5 Å². The van der Waals surface area contributed by atoms with Crippen molar-refractivity contribution in [2.45, 2.75) is 26.2 Å². The number of nitrogens with zero attached hydrogens (tertiary/aromatic N) is 2. The second kappa shape index (κ2) is 3.58. The highest BCUT2D eigenvalue weighted by Gasteiger charge is 2.27. The van der Waals surface area contributed by atoms with Crippen molar-refractivity contribution in [3.63, 3.8) is 0 Å². The van der Waals surface area contributed by atoms with Crippen molar-refractivity contribution in [3.05, 3.63) is 35.3 Å². The van der Waals surface area contributed by atoms with Gasteiger partial charge in [0.05, 0.1) is 11.6 Å². The first kappa shape index (κ1) is 10.3. The van der Waals surface area contributed by atoms with Crippen LogP contribution in [0.15, 0.2) is 18.3 Å². The fourth-order valence-corrected chi connectivity index (χ4v) is 2.53. The minimum Gasteiger partial charge on any atom is -0.481 e. The number of pyridine rings is 1. The number of aryl methyl sites for hydroxylation is 2. The number of aromatic nitrogens is 2. The molecule has 1 atom stereocenters. The van der Waals surface area contributed by atoms with Gasteiger partial charge in [-0.3, -0.25) is 4.79 Å². The van der Waals surface area contributed by atoms with E-state index in [0.717, 1.165) is 17.8 Å². The summed E-state index contributed by atoms with van der Waals surface area (Å²) in [5.41, 5.74) is 4.24. The molecule has 0 saturated heterocycles. The fraction of sp³-hybridized carbons (Fsp3) is 0.385. The molecule has 1 N–H and O–H groups in total. The van der Waals surface area contributed by atoms with E-state index in [0.29, 0.717) is 12.8 Å². The van der Waals surface area contributed by atoms with Crippen molar-refractivity contribution in [2.24, 2.45) is 5.92 Å². The van der Waals surface area contributed by atoms with Crippen LogP contribution in [-0.4, -0.2) is 20.5 Å². The van der Waals surface area contributed by atoms with Crippen LogP contribution in [0.5, 0.6) is 0 Å². The van der Waals surface area contributed by atoms with Crippen LogP contribution >= 0.6 is 0 Å². The summed E-state index contributed by atoms with van der Waals surface area (Å²) < 4.78 is 2.08. The first-order valence-corrected chi connectivity index (χ1v) is 5.84. The van der Waals surface area contributed by atoms with Gasteiger partial charge >= 0.3 is 5.97 Å². The van der Waals surface area contributed by atoms with Crippen LogP contribution in [-0.2, 0) is 17.6 Å². The Morgan fingerprint density at radius 3 is 3.18 bits per heavy atom. The number of hydrogen-bond acceptors (Lipinski definition) is 2. The molecule has 2 heterocycles. The van der Waals surface area contributed by atoms with Crippen LogP contribution in [0.25, 0.3) is 5.65 Å². The number of imidazole rings is 1. The third kappa shape index (κ3) is 1.60. The van der Waals surface area contributed by atoms with Crippen LogP contribution in [0.2, 0.25) is 0 Å². The van der Waals surface area contributed by atoms with Gasteiger partial charge in [0.2, 0.25) is 0 Å². The van der Waals surface area contributed by atoms with Crippen molar-refractivity contribution < 1.29 is 9.90 Å². The maximum absolute atomic E-state index is 11.0. The Morgan fingerprint density at radius 1 is 1.59 bits per heavy atom. The van der Waals surface area contributed by atoms with E-state index in [1.165, 1.54) is 11.3 Å². The Kier molecular flexibility index (Phi) is 2.18. The summed E-state index contributed by atoms with van der Waals surface area (Å²) in [4.78, 5) is 15.5. The monoisotopic (exact) mass is 230 g/mol. The van der Waals surface area contributed by atoms with Crippen molar-refractivity contribution in [1.82, 2.24) is 9.38 Å². The Balaban J connectivity index is 2.09. The lowest BCUT2D eigenvalue weighted by atomic mass is 9.90. The van der Waals surface area contributed by atoms with E-state index < -0.39 is 5.97 Å².